The lowest BCUT2D eigenvalue weighted by Crippen LogP contribution is -2.37. The third kappa shape index (κ3) is 4.33. The highest BCUT2D eigenvalue weighted by molar-refractivity contribution is 7.92. The molecule has 8 heteroatoms. The maximum Gasteiger partial charge on any atom is 0.265 e. The summed E-state index contributed by atoms with van der Waals surface area (Å²) in [6, 6.07) is 11.0. The Balaban J connectivity index is 1.82. The molecule has 0 fully saturated rings. The van der Waals surface area contributed by atoms with Gasteiger partial charge in [-0.2, -0.15) is 0 Å². The molecule has 0 saturated carbocycles. The Morgan fingerprint density at radius 3 is 2.78 bits per heavy atom. The van der Waals surface area contributed by atoms with Gasteiger partial charge in [0.25, 0.3) is 15.9 Å². The fourth-order valence-corrected chi connectivity index (χ4v) is 3.85. The largest absolute Gasteiger partial charge is 0.497 e. The Kier molecular flexibility index (Phi) is 5.55. The van der Waals surface area contributed by atoms with Crippen LogP contribution in [0.2, 0.25) is 0 Å². The Labute approximate surface area is 158 Å². The van der Waals surface area contributed by atoms with Crippen molar-refractivity contribution in [1.82, 2.24) is 0 Å². The number of carbonyl (C=O) groups excluding carboxylic acids is 1. The number of fused-ring (bicyclic) bond motifs is 1. The molecule has 1 heterocycles. The quantitative estimate of drug-likeness (QED) is 0.756. The van der Waals surface area contributed by atoms with Gasteiger partial charge in [-0.15, -0.1) is 0 Å². The Bertz CT molecular complexity index is 943. The second-order valence-electron chi connectivity index (χ2n) is 6.23. The number of methoxy groups -OCH3 is 1. The van der Waals surface area contributed by atoms with Crippen LogP contribution in [0, 0.1) is 0 Å². The second kappa shape index (κ2) is 7.87. The van der Waals surface area contributed by atoms with Crippen LogP contribution >= 0.6 is 0 Å². The lowest BCUT2D eigenvalue weighted by Gasteiger charge is -2.26. The number of anilines is 2. The number of hydrogen-bond acceptors (Lipinski definition) is 5. The molecule has 0 saturated heterocycles. The van der Waals surface area contributed by atoms with Gasteiger partial charge in [-0.05, 0) is 43.2 Å². The second-order valence-corrected chi connectivity index (χ2v) is 7.92. The summed E-state index contributed by atoms with van der Waals surface area (Å²) in [5.74, 6) is 0.752. The molecule has 1 amide bonds. The van der Waals surface area contributed by atoms with Crippen LogP contribution in [0.4, 0.5) is 11.4 Å². The van der Waals surface area contributed by atoms with Crippen LogP contribution in [0.1, 0.15) is 26.2 Å². The molecular weight excluding hydrogens is 368 g/mol. The summed E-state index contributed by atoms with van der Waals surface area (Å²) in [5.41, 5.74) is 0.730. The van der Waals surface area contributed by atoms with E-state index in [1.54, 1.807) is 30.3 Å². The number of unbranched alkanes of at least 4 members (excludes halogenated alkanes) is 1. The van der Waals surface area contributed by atoms with Crippen molar-refractivity contribution < 1.29 is 22.7 Å². The predicted molar refractivity (Wildman–Crippen MR) is 103 cm³/mol. The summed E-state index contributed by atoms with van der Waals surface area (Å²) >= 11 is 0. The van der Waals surface area contributed by atoms with Crippen LogP contribution in [-0.2, 0) is 14.8 Å². The molecule has 0 radical (unpaired) electrons. The highest BCUT2D eigenvalue weighted by Gasteiger charge is 2.28. The summed E-state index contributed by atoms with van der Waals surface area (Å²) in [6.07, 6.45) is 1.92. The Morgan fingerprint density at radius 2 is 2.04 bits per heavy atom. The maximum absolute atomic E-state index is 12.7. The molecule has 2 aromatic carbocycles. The first-order valence-electron chi connectivity index (χ1n) is 8.71. The monoisotopic (exact) mass is 390 g/mol. The fraction of sp³-hybridized carbons (Fsp3) is 0.316. The topological polar surface area (TPSA) is 93.7 Å². The molecule has 0 aromatic heterocycles. The number of carbonyl (C=O) groups is 1. The first-order valence-corrected chi connectivity index (χ1v) is 10.2. The lowest BCUT2D eigenvalue weighted by molar-refractivity contribution is -0.123. The molecule has 0 aliphatic carbocycles. The van der Waals surface area contributed by atoms with Crippen molar-refractivity contribution in [3.8, 4) is 11.5 Å². The van der Waals surface area contributed by atoms with E-state index in [1.807, 2.05) is 6.92 Å². The molecule has 0 unspecified atom stereocenters. The fourth-order valence-electron chi connectivity index (χ4n) is 2.78. The molecule has 27 heavy (non-hydrogen) atoms. The van der Waals surface area contributed by atoms with Crippen molar-refractivity contribution in [3.05, 3.63) is 42.5 Å². The first-order chi connectivity index (χ1) is 12.9. The van der Waals surface area contributed by atoms with E-state index in [-0.39, 0.29) is 10.8 Å². The molecule has 0 spiro atoms. The molecule has 1 aliphatic rings. The third-order valence-corrected chi connectivity index (χ3v) is 5.60. The molecule has 7 nitrogen and oxygen atoms in total. The zero-order valence-corrected chi connectivity index (χ0v) is 16.0. The normalized spacial score (nSPS) is 16.1. The highest BCUT2D eigenvalue weighted by atomic mass is 32.2. The van der Waals surface area contributed by atoms with Gasteiger partial charge in [0.2, 0.25) is 0 Å². The summed E-state index contributed by atoms with van der Waals surface area (Å²) in [4.78, 5) is 12.2. The van der Waals surface area contributed by atoms with E-state index < -0.39 is 16.1 Å². The summed E-state index contributed by atoms with van der Waals surface area (Å²) in [5, 5.41) is 2.74. The third-order valence-electron chi connectivity index (χ3n) is 4.22. The number of sulfonamides is 1. The zero-order chi connectivity index (χ0) is 19.4. The van der Waals surface area contributed by atoms with E-state index in [9.17, 15) is 13.2 Å². The zero-order valence-electron chi connectivity index (χ0n) is 15.2. The van der Waals surface area contributed by atoms with Gasteiger partial charge < -0.3 is 14.8 Å². The van der Waals surface area contributed by atoms with E-state index in [1.165, 1.54) is 19.2 Å². The highest BCUT2D eigenvalue weighted by Crippen LogP contribution is 2.33. The van der Waals surface area contributed by atoms with Gasteiger partial charge in [0.15, 0.2) is 6.10 Å². The summed E-state index contributed by atoms with van der Waals surface area (Å²) < 4.78 is 38.7. The number of nitrogens with one attached hydrogen (secondary N) is 2. The average molecular weight is 390 g/mol. The molecule has 144 valence electrons. The van der Waals surface area contributed by atoms with Crippen LogP contribution in [0.25, 0.3) is 0 Å². The van der Waals surface area contributed by atoms with Gasteiger partial charge in [-0.3, -0.25) is 9.52 Å². The molecule has 1 aliphatic heterocycles. The standard InChI is InChI=1S/C19H22N2O5S/c1-3-4-8-18-19(22)20-16-12-15(9-10-17(16)26-18)27(23,24)21-13-6-5-7-14(11-13)25-2/h5-7,9-12,18,21H,3-4,8H2,1-2H3,(H,20,22)/t18-/m1/s1. The van der Waals surface area contributed by atoms with E-state index in [2.05, 4.69) is 10.0 Å². The molecule has 2 aromatic rings. The molecular formula is C19H22N2O5S. The van der Waals surface area contributed by atoms with Gasteiger partial charge in [-0.25, -0.2) is 8.42 Å². The number of rotatable bonds is 7. The summed E-state index contributed by atoms with van der Waals surface area (Å²) in [7, 11) is -2.32. The van der Waals surface area contributed by atoms with Crippen molar-refractivity contribution in [2.45, 2.75) is 37.2 Å². The molecule has 2 N–H and O–H groups in total. The van der Waals surface area contributed by atoms with Crippen LogP contribution in [0.3, 0.4) is 0 Å². The van der Waals surface area contributed by atoms with Gasteiger partial charge >= 0.3 is 0 Å². The molecule has 0 bridgehead atoms. The van der Waals surface area contributed by atoms with Gasteiger partial charge in [0.05, 0.1) is 23.4 Å². The molecule has 1 atom stereocenters. The van der Waals surface area contributed by atoms with Crippen molar-refractivity contribution in [1.29, 1.82) is 0 Å². The van der Waals surface area contributed by atoms with Gasteiger partial charge in [0, 0.05) is 6.07 Å². The molecule has 3 rings (SSSR count). The van der Waals surface area contributed by atoms with E-state index >= 15 is 0 Å². The van der Waals surface area contributed by atoms with Crippen LogP contribution < -0.4 is 19.5 Å². The minimum Gasteiger partial charge on any atom is -0.497 e. The van der Waals surface area contributed by atoms with Crippen LogP contribution in [0.5, 0.6) is 11.5 Å². The summed E-state index contributed by atoms with van der Waals surface area (Å²) in [6.45, 7) is 2.04. The SMILES string of the molecule is CCCC[C@H]1Oc2ccc(S(=O)(=O)Nc3cccc(OC)c3)cc2NC1=O. The van der Waals surface area contributed by atoms with Crippen molar-refractivity contribution in [3.63, 3.8) is 0 Å². The van der Waals surface area contributed by atoms with Gasteiger partial charge in [-0.1, -0.05) is 19.4 Å². The van der Waals surface area contributed by atoms with Crippen molar-refractivity contribution >= 4 is 27.3 Å². The van der Waals surface area contributed by atoms with E-state index in [0.717, 1.165) is 12.8 Å². The average Bonchev–Trinajstić information content (AvgIpc) is 2.65. The van der Waals surface area contributed by atoms with Crippen molar-refractivity contribution in [2.24, 2.45) is 0 Å². The van der Waals surface area contributed by atoms with Crippen LogP contribution in [0.15, 0.2) is 47.4 Å². The van der Waals surface area contributed by atoms with Crippen molar-refractivity contribution in [2.75, 3.05) is 17.1 Å². The number of hydrogen-bond donors (Lipinski definition) is 2. The number of amides is 1. The van der Waals surface area contributed by atoms with E-state index in [4.69, 9.17) is 9.47 Å². The van der Waals surface area contributed by atoms with Crippen LogP contribution in [-0.4, -0.2) is 27.5 Å². The first kappa shape index (κ1) is 19.0. The number of benzene rings is 2. The maximum atomic E-state index is 12.7. The predicted octanol–water partition coefficient (Wildman–Crippen LogP) is 3.39. The number of ether oxygens (including phenoxy) is 2. The lowest BCUT2D eigenvalue weighted by atomic mass is 10.1. The smallest absolute Gasteiger partial charge is 0.265 e. The van der Waals surface area contributed by atoms with Gasteiger partial charge in [0.1, 0.15) is 11.5 Å². The minimum absolute atomic E-state index is 0.0278. The minimum atomic E-state index is -3.83. The Hall–Kier alpha value is -2.74. The van der Waals surface area contributed by atoms with E-state index in [0.29, 0.717) is 29.3 Å². The Morgan fingerprint density at radius 1 is 1.22 bits per heavy atom.